The molecule has 9 heteroatoms. The Labute approximate surface area is 111 Å². The minimum atomic E-state index is -5.02. The molecule has 2 N–H and O–H groups in total. The summed E-state index contributed by atoms with van der Waals surface area (Å²) in [6.07, 6.45) is 0. The quantitative estimate of drug-likeness (QED) is 0.805. The Morgan fingerprint density at radius 1 is 1.05 bits per heavy atom. The highest BCUT2D eigenvalue weighted by Gasteiger charge is 2.41. The Morgan fingerprint density at radius 3 is 2.00 bits per heavy atom. The Balaban J connectivity index is 2.99. The standard InChI is InChI=1S/C10H16O7P2/c1-10(2,3)16-19(14,17-18(11,12)13)15-9-7-5-4-6-8-9/h4-8H,1-3H3,(H2,11,12,13). The lowest BCUT2D eigenvalue weighted by Gasteiger charge is -2.25. The van der Waals surface area contributed by atoms with E-state index in [1.165, 1.54) is 12.1 Å². The van der Waals surface area contributed by atoms with Gasteiger partial charge in [-0.3, -0.25) is 4.52 Å². The fourth-order valence-electron chi connectivity index (χ4n) is 1.13. The van der Waals surface area contributed by atoms with Gasteiger partial charge in [-0.05, 0) is 32.9 Å². The monoisotopic (exact) mass is 310 g/mol. The molecule has 1 atom stereocenters. The van der Waals surface area contributed by atoms with E-state index in [0.29, 0.717) is 0 Å². The van der Waals surface area contributed by atoms with Gasteiger partial charge in [-0.25, -0.2) is 9.13 Å². The third kappa shape index (κ3) is 6.87. The Kier molecular flexibility index (Phi) is 4.96. The molecule has 0 radical (unpaired) electrons. The Bertz CT molecular complexity index is 502. The van der Waals surface area contributed by atoms with Crippen LogP contribution >= 0.6 is 15.6 Å². The van der Waals surface area contributed by atoms with Crippen LogP contribution in [-0.2, 0) is 18.0 Å². The first-order chi connectivity index (χ1) is 8.49. The molecule has 0 saturated heterocycles. The number of phosphoric ester groups is 1. The second kappa shape index (κ2) is 5.75. The summed E-state index contributed by atoms with van der Waals surface area (Å²) in [6, 6.07) is 7.83. The maximum atomic E-state index is 12.3. The van der Waals surface area contributed by atoms with Gasteiger partial charge in [0.1, 0.15) is 5.75 Å². The molecule has 0 heterocycles. The van der Waals surface area contributed by atoms with E-state index >= 15 is 0 Å². The van der Waals surface area contributed by atoms with Crippen LogP contribution in [0.2, 0.25) is 0 Å². The third-order valence-electron chi connectivity index (χ3n) is 1.55. The van der Waals surface area contributed by atoms with Crippen molar-refractivity contribution in [2.24, 2.45) is 0 Å². The van der Waals surface area contributed by atoms with Gasteiger partial charge in [0.15, 0.2) is 0 Å². The second-order valence-electron chi connectivity index (χ2n) is 4.63. The number of para-hydroxylation sites is 1. The van der Waals surface area contributed by atoms with Gasteiger partial charge in [-0.1, -0.05) is 18.2 Å². The fraction of sp³-hybridized carbons (Fsp3) is 0.400. The molecule has 0 amide bonds. The van der Waals surface area contributed by atoms with Gasteiger partial charge < -0.3 is 14.3 Å². The third-order valence-corrected chi connectivity index (χ3v) is 4.41. The molecule has 1 unspecified atom stereocenters. The van der Waals surface area contributed by atoms with E-state index < -0.39 is 21.2 Å². The highest BCUT2D eigenvalue weighted by Crippen LogP contribution is 2.62. The molecule has 108 valence electrons. The van der Waals surface area contributed by atoms with E-state index in [4.69, 9.17) is 18.8 Å². The fourth-order valence-corrected chi connectivity index (χ4v) is 3.52. The lowest BCUT2D eigenvalue weighted by Crippen LogP contribution is -2.19. The largest absolute Gasteiger partial charge is 0.539 e. The van der Waals surface area contributed by atoms with Crippen LogP contribution in [0.3, 0.4) is 0 Å². The molecule has 1 rings (SSSR count). The van der Waals surface area contributed by atoms with Crippen molar-refractivity contribution in [2.75, 3.05) is 0 Å². The number of hydrogen-bond donors (Lipinski definition) is 2. The molecule has 0 fully saturated rings. The van der Waals surface area contributed by atoms with Crippen molar-refractivity contribution in [3.05, 3.63) is 30.3 Å². The molecule has 19 heavy (non-hydrogen) atoms. The van der Waals surface area contributed by atoms with Crippen molar-refractivity contribution < 1.29 is 32.3 Å². The molecule has 0 aliphatic rings. The van der Waals surface area contributed by atoms with Crippen LogP contribution in [0.1, 0.15) is 20.8 Å². The number of rotatable bonds is 5. The van der Waals surface area contributed by atoms with Gasteiger partial charge in [0.2, 0.25) is 0 Å². The Morgan fingerprint density at radius 2 is 1.58 bits per heavy atom. The van der Waals surface area contributed by atoms with Gasteiger partial charge >= 0.3 is 15.6 Å². The van der Waals surface area contributed by atoms with Gasteiger partial charge in [0.05, 0.1) is 5.60 Å². The van der Waals surface area contributed by atoms with Gasteiger partial charge in [-0.15, -0.1) is 0 Å². The van der Waals surface area contributed by atoms with Crippen LogP contribution in [0.15, 0.2) is 30.3 Å². The summed E-state index contributed by atoms with van der Waals surface area (Å²) in [5.41, 5.74) is -0.973. The van der Waals surface area contributed by atoms with Gasteiger partial charge in [-0.2, -0.15) is 4.31 Å². The first-order valence-electron chi connectivity index (χ1n) is 5.31. The SMILES string of the molecule is CC(C)(C)OP(=O)(Oc1ccccc1)OP(=O)(O)O. The number of benzene rings is 1. The maximum absolute atomic E-state index is 12.3. The zero-order valence-electron chi connectivity index (χ0n) is 10.7. The highest BCUT2D eigenvalue weighted by atomic mass is 31.3. The van der Waals surface area contributed by atoms with E-state index in [9.17, 15) is 9.13 Å². The normalized spacial score (nSPS) is 15.8. The summed E-state index contributed by atoms with van der Waals surface area (Å²) in [6.45, 7) is 4.66. The first-order valence-corrected chi connectivity index (χ1v) is 8.31. The van der Waals surface area contributed by atoms with Crippen molar-refractivity contribution in [1.29, 1.82) is 0 Å². The average Bonchev–Trinajstić information content (AvgIpc) is 2.11. The molecule has 0 aliphatic heterocycles. The minimum absolute atomic E-state index is 0.114. The molecule has 0 saturated carbocycles. The Hall–Kier alpha value is -0.680. The van der Waals surface area contributed by atoms with E-state index in [0.717, 1.165) is 0 Å². The van der Waals surface area contributed by atoms with Crippen molar-refractivity contribution >= 4 is 15.6 Å². The van der Waals surface area contributed by atoms with E-state index in [-0.39, 0.29) is 5.75 Å². The lowest BCUT2D eigenvalue weighted by molar-refractivity contribution is 0.0824. The summed E-state index contributed by atoms with van der Waals surface area (Å²) in [7, 11) is -9.47. The number of hydrogen-bond acceptors (Lipinski definition) is 5. The topological polar surface area (TPSA) is 102 Å². The van der Waals surface area contributed by atoms with Crippen LogP contribution in [0, 0.1) is 0 Å². The summed E-state index contributed by atoms with van der Waals surface area (Å²) >= 11 is 0. The zero-order valence-corrected chi connectivity index (χ0v) is 12.5. The van der Waals surface area contributed by atoms with Gasteiger partial charge in [0.25, 0.3) is 0 Å². The first kappa shape index (κ1) is 16.4. The van der Waals surface area contributed by atoms with Crippen LogP contribution in [0.5, 0.6) is 5.75 Å². The molecule has 0 spiro atoms. The molecule has 0 aromatic heterocycles. The predicted molar refractivity (Wildman–Crippen MR) is 68.6 cm³/mol. The highest BCUT2D eigenvalue weighted by molar-refractivity contribution is 7.61. The van der Waals surface area contributed by atoms with E-state index in [2.05, 4.69) is 4.31 Å². The smallest absolute Gasteiger partial charge is 0.404 e. The summed E-state index contributed by atoms with van der Waals surface area (Å²) in [4.78, 5) is 17.6. The van der Waals surface area contributed by atoms with Crippen LogP contribution in [0.4, 0.5) is 0 Å². The minimum Gasteiger partial charge on any atom is -0.404 e. The van der Waals surface area contributed by atoms with Crippen molar-refractivity contribution in [3.63, 3.8) is 0 Å². The average molecular weight is 310 g/mol. The van der Waals surface area contributed by atoms with Crippen LogP contribution in [0.25, 0.3) is 0 Å². The summed E-state index contributed by atoms with van der Waals surface area (Å²) in [5.74, 6) is 0.114. The van der Waals surface area contributed by atoms with Gasteiger partial charge in [0, 0.05) is 0 Å². The number of phosphoric acid groups is 2. The molecule has 0 aliphatic carbocycles. The van der Waals surface area contributed by atoms with Crippen molar-refractivity contribution in [1.82, 2.24) is 0 Å². The molecular formula is C10H16O7P2. The maximum Gasteiger partial charge on any atom is 0.539 e. The molecule has 1 aromatic carbocycles. The zero-order chi connectivity index (χ0) is 14.7. The van der Waals surface area contributed by atoms with Crippen molar-refractivity contribution in [2.45, 2.75) is 26.4 Å². The van der Waals surface area contributed by atoms with E-state index in [1.807, 2.05) is 0 Å². The van der Waals surface area contributed by atoms with E-state index in [1.54, 1.807) is 39.0 Å². The molecular weight excluding hydrogens is 294 g/mol. The van der Waals surface area contributed by atoms with Crippen LogP contribution in [-0.4, -0.2) is 15.4 Å². The van der Waals surface area contributed by atoms with Crippen LogP contribution < -0.4 is 4.52 Å². The molecule has 0 bridgehead atoms. The predicted octanol–water partition coefficient (Wildman–Crippen LogP) is 3.10. The summed E-state index contributed by atoms with van der Waals surface area (Å²) in [5, 5.41) is 0. The molecule has 1 aromatic rings. The molecule has 7 nitrogen and oxygen atoms in total. The second-order valence-corrected chi connectivity index (χ2v) is 7.52. The van der Waals surface area contributed by atoms with Crippen molar-refractivity contribution in [3.8, 4) is 5.75 Å². The summed E-state index contributed by atoms with van der Waals surface area (Å²) < 4.78 is 37.3. The lowest BCUT2D eigenvalue weighted by atomic mass is 10.2.